The molecule has 0 saturated carbocycles. The number of ether oxygens (including phenoxy) is 1. The smallest absolute Gasteiger partial charge is 0.278 e. The number of hydrogen-bond donors (Lipinski definition) is 2. The van der Waals surface area contributed by atoms with Gasteiger partial charge >= 0.3 is 0 Å². The van der Waals surface area contributed by atoms with Gasteiger partial charge in [0.25, 0.3) is 5.91 Å². The number of para-hydroxylation sites is 2. The number of amides is 1. The fourth-order valence-corrected chi connectivity index (χ4v) is 2.35. The number of rotatable bonds is 4. The molecule has 6 nitrogen and oxygen atoms in total. The van der Waals surface area contributed by atoms with Crippen LogP contribution in [-0.2, 0) is 0 Å². The van der Waals surface area contributed by atoms with Crippen LogP contribution in [0.5, 0.6) is 5.75 Å². The average Bonchev–Trinajstić information content (AvgIpc) is 2.93. The van der Waals surface area contributed by atoms with Crippen LogP contribution >= 0.6 is 0 Å². The van der Waals surface area contributed by atoms with Crippen LogP contribution in [0.4, 0.5) is 5.69 Å². The van der Waals surface area contributed by atoms with Gasteiger partial charge in [-0.15, -0.1) is 0 Å². The normalized spacial score (nSPS) is 14.6. The van der Waals surface area contributed by atoms with Gasteiger partial charge in [0, 0.05) is 31.7 Å². The van der Waals surface area contributed by atoms with Crippen LogP contribution < -0.4 is 15.0 Å². The van der Waals surface area contributed by atoms with E-state index in [9.17, 15) is 4.79 Å². The van der Waals surface area contributed by atoms with Crippen LogP contribution in [0, 0.1) is 0 Å². The lowest BCUT2D eigenvalue weighted by atomic mass is 9.99. The number of anilines is 1. The molecule has 21 heavy (non-hydrogen) atoms. The van der Waals surface area contributed by atoms with Crippen LogP contribution in [0.25, 0.3) is 0 Å². The number of hydrogen-bond acceptors (Lipinski definition) is 4. The van der Waals surface area contributed by atoms with Crippen molar-refractivity contribution in [2.45, 2.75) is 5.92 Å². The number of aromatic nitrogens is 2. The van der Waals surface area contributed by atoms with Gasteiger partial charge in [0.2, 0.25) is 0 Å². The van der Waals surface area contributed by atoms with Crippen LogP contribution in [0.1, 0.15) is 22.1 Å². The highest BCUT2D eigenvalue weighted by Gasteiger charge is 2.24. The Morgan fingerprint density at radius 3 is 2.81 bits per heavy atom. The summed E-state index contributed by atoms with van der Waals surface area (Å²) in [4.78, 5) is 14.1. The highest BCUT2D eigenvalue weighted by Crippen LogP contribution is 2.28. The summed E-state index contributed by atoms with van der Waals surface area (Å²) in [6.45, 7) is 1.86. The first kappa shape index (κ1) is 13.6. The highest BCUT2D eigenvalue weighted by molar-refractivity contribution is 6.05. The van der Waals surface area contributed by atoms with Crippen molar-refractivity contribution in [3.63, 3.8) is 0 Å². The van der Waals surface area contributed by atoms with E-state index >= 15 is 0 Å². The van der Waals surface area contributed by atoms with Gasteiger partial charge < -0.3 is 15.0 Å². The first-order chi connectivity index (χ1) is 10.2. The third-order valence-corrected chi connectivity index (χ3v) is 3.79. The summed E-state index contributed by atoms with van der Waals surface area (Å²) in [7, 11) is 3.31. The molecule has 1 fully saturated rings. The quantitative estimate of drug-likeness (QED) is 0.891. The number of nitrogens with zero attached hydrogens (tertiary/aromatic N) is 2. The van der Waals surface area contributed by atoms with Crippen molar-refractivity contribution < 1.29 is 9.53 Å². The second-order valence-corrected chi connectivity index (χ2v) is 5.10. The van der Waals surface area contributed by atoms with E-state index < -0.39 is 0 Å². The van der Waals surface area contributed by atoms with E-state index in [1.54, 1.807) is 19.1 Å². The minimum absolute atomic E-state index is 0.158. The molecule has 1 saturated heterocycles. The molecular weight excluding hydrogens is 268 g/mol. The molecule has 1 aliphatic heterocycles. The Kier molecular flexibility index (Phi) is 3.62. The van der Waals surface area contributed by atoms with Gasteiger partial charge in [0.15, 0.2) is 5.69 Å². The van der Waals surface area contributed by atoms with Crippen LogP contribution in [0.15, 0.2) is 30.3 Å². The molecule has 0 radical (unpaired) electrons. The van der Waals surface area contributed by atoms with Gasteiger partial charge in [-0.2, -0.15) is 5.10 Å². The van der Waals surface area contributed by atoms with Crippen LogP contribution in [-0.4, -0.2) is 43.4 Å². The Labute approximate surface area is 123 Å². The van der Waals surface area contributed by atoms with Crippen molar-refractivity contribution in [2.24, 2.45) is 0 Å². The Bertz CT molecular complexity index is 649. The van der Waals surface area contributed by atoms with Crippen molar-refractivity contribution in [2.75, 3.05) is 32.1 Å². The maximum atomic E-state index is 12.5. The summed E-state index contributed by atoms with van der Waals surface area (Å²) >= 11 is 0. The molecule has 1 aromatic heterocycles. The van der Waals surface area contributed by atoms with Crippen molar-refractivity contribution in [1.82, 2.24) is 15.5 Å². The molecule has 6 heteroatoms. The predicted molar refractivity (Wildman–Crippen MR) is 79.9 cm³/mol. The molecule has 2 N–H and O–H groups in total. The van der Waals surface area contributed by atoms with E-state index in [0.29, 0.717) is 17.4 Å². The average molecular weight is 286 g/mol. The minimum atomic E-state index is -0.158. The van der Waals surface area contributed by atoms with Gasteiger partial charge in [-0.1, -0.05) is 12.1 Å². The molecular formula is C15H18N4O2. The second-order valence-electron chi connectivity index (χ2n) is 5.10. The van der Waals surface area contributed by atoms with Crippen molar-refractivity contribution >= 4 is 11.6 Å². The molecule has 1 aromatic carbocycles. The zero-order chi connectivity index (χ0) is 14.8. The van der Waals surface area contributed by atoms with E-state index in [1.807, 2.05) is 30.3 Å². The summed E-state index contributed by atoms with van der Waals surface area (Å²) in [6, 6.07) is 9.25. The number of carbonyl (C=O) groups is 1. The van der Waals surface area contributed by atoms with Crippen molar-refractivity contribution in [3.05, 3.63) is 41.7 Å². The lowest BCUT2D eigenvalue weighted by Crippen LogP contribution is -2.40. The van der Waals surface area contributed by atoms with E-state index in [2.05, 4.69) is 15.5 Å². The zero-order valence-electron chi connectivity index (χ0n) is 12.1. The fraction of sp³-hybridized carbons (Fsp3) is 0.333. The third kappa shape index (κ3) is 2.50. The van der Waals surface area contributed by atoms with Gasteiger partial charge in [-0.05, 0) is 18.2 Å². The number of benzene rings is 1. The maximum Gasteiger partial charge on any atom is 0.278 e. The SMILES string of the molecule is COc1ccccc1N(C)C(=O)c1cc(C2CNC2)[nH]n1. The molecule has 2 heterocycles. The van der Waals surface area contributed by atoms with Crippen LogP contribution in [0.3, 0.4) is 0 Å². The molecule has 110 valence electrons. The van der Waals surface area contributed by atoms with Gasteiger partial charge in [0.05, 0.1) is 12.8 Å². The molecule has 0 bridgehead atoms. The highest BCUT2D eigenvalue weighted by atomic mass is 16.5. The summed E-state index contributed by atoms with van der Waals surface area (Å²) in [6.07, 6.45) is 0. The van der Waals surface area contributed by atoms with Crippen molar-refractivity contribution in [3.8, 4) is 5.75 Å². The maximum absolute atomic E-state index is 12.5. The lowest BCUT2D eigenvalue weighted by molar-refractivity contribution is 0.0987. The summed E-state index contributed by atoms with van der Waals surface area (Å²) in [5.41, 5.74) is 2.15. The Hall–Kier alpha value is -2.34. The number of H-pyrrole nitrogens is 1. The monoisotopic (exact) mass is 286 g/mol. The number of nitrogens with one attached hydrogen (secondary N) is 2. The molecule has 0 aliphatic carbocycles. The molecule has 2 aromatic rings. The third-order valence-electron chi connectivity index (χ3n) is 3.79. The van der Waals surface area contributed by atoms with E-state index in [-0.39, 0.29) is 5.91 Å². The summed E-state index contributed by atoms with van der Waals surface area (Å²) in [5, 5.41) is 10.3. The van der Waals surface area contributed by atoms with E-state index in [0.717, 1.165) is 24.5 Å². The lowest BCUT2D eigenvalue weighted by Gasteiger charge is -2.25. The zero-order valence-corrected chi connectivity index (χ0v) is 12.1. The molecule has 1 amide bonds. The minimum Gasteiger partial charge on any atom is -0.495 e. The number of methoxy groups -OCH3 is 1. The van der Waals surface area contributed by atoms with Crippen molar-refractivity contribution in [1.29, 1.82) is 0 Å². The standard InChI is InChI=1S/C15H18N4O2/c1-19(13-5-3-4-6-14(13)21-2)15(20)12-7-11(17-18-12)10-8-16-9-10/h3-7,10,16H,8-9H2,1-2H3,(H,17,18). The first-order valence-electron chi connectivity index (χ1n) is 6.88. The number of aromatic amines is 1. The molecule has 0 unspecified atom stereocenters. The summed E-state index contributed by atoms with van der Waals surface area (Å²) in [5.74, 6) is 0.928. The molecule has 0 atom stereocenters. The van der Waals surface area contributed by atoms with E-state index in [1.165, 1.54) is 0 Å². The van der Waals surface area contributed by atoms with Crippen LogP contribution in [0.2, 0.25) is 0 Å². The van der Waals surface area contributed by atoms with Gasteiger partial charge in [0.1, 0.15) is 5.75 Å². The predicted octanol–water partition coefficient (Wildman–Crippen LogP) is 1.38. The molecule has 1 aliphatic rings. The fourth-order valence-electron chi connectivity index (χ4n) is 2.35. The Balaban J connectivity index is 1.82. The van der Waals surface area contributed by atoms with Gasteiger partial charge in [-0.25, -0.2) is 0 Å². The second kappa shape index (κ2) is 5.57. The molecule has 0 spiro atoms. The Morgan fingerprint density at radius 2 is 2.14 bits per heavy atom. The largest absolute Gasteiger partial charge is 0.495 e. The van der Waals surface area contributed by atoms with Gasteiger partial charge in [-0.3, -0.25) is 9.89 Å². The van der Waals surface area contributed by atoms with E-state index in [4.69, 9.17) is 4.74 Å². The summed E-state index contributed by atoms with van der Waals surface area (Å²) < 4.78 is 5.29. The topological polar surface area (TPSA) is 70.2 Å². The first-order valence-corrected chi connectivity index (χ1v) is 6.88. The Morgan fingerprint density at radius 1 is 1.38 bits per heavy atom. The number of carbonyl (C=O) groups excluding carboxylic acids is 1. The molecule has 3 rings (SSSR count).